The smallest absolute Gasteiger partial charge is 0.349 e. The second-order valence-electron chi connectivity index (χ2n) is 6.26. The standard InChI is InChI=1S/C21H19N3O5/c1-13(25)24-16-8-6-14(7-9-16)19(26)22-10-11-23-20(27)17-12-15-4-2-3-5-18(15)29-21(17)28/h2-9,12H,10-11H2,1H3,(H,22,26)(H,23,27)(H,24,25). The number of amides is 3. The molecule has 0 saturated heterocycles. The lowest BCUT2D eigenvalue weighted by molar-refractivity contribution is -0.114. The minimum atomic E-state index is -0.718. The second kappa shape index (κ2) is 8.83. The molecule has 0 fully saturated rings. The summed E-state index contributed by atoms with van der Waals surface area (Å²) in [6, 6.07) is 14.8. The molecule has 3 rings (SSSR count). The second-order valence-corrected chi connectivity index (χ2v) is 6.26. The summed E-state index contributed by atoms with van der Waals surface area (Å²) < 4.78 is 5.14. The van der Waals surface area contributed by atoms with Gasteiger partial charge < -0.3 is 20.4 Å². The van der Waals surface area contributed by atoms with Crippen molar-refractivity contribution in [1.29, 1.82) is 0 Å². The zero-order valence-corrected chi connectivity index (χ0v) is 15.7. The summed E-state index contributed by atoms with van der Waals surface area (Å²) in [4.78, 5) is 47.3. The van der Waals surface area contributed by atoms with Crippen molar-refractivity contribution >= 4 is 34.4 Å². The summed E-state index contributed by atoms with van der Waals surface area (Å²) in [7, 11) is 0. The van der Waals surface area contributed by atoms with Crippen molar-refractivity contribution in [2.24, 2.45) is 0 Å². The van der Waals surface area contributed by atoms with Crippen molar-refractivity contribution in [3.63, 3.8) is 0 Å². The molecule has 29 heavy (non-hydrogen) atoms. The van der Waals surface area contributed by atoms with E-state index in [2.05, 4.69) is 16.0 Å². The first-order chi connectivity index (χ1) is 13.9. The molecule has 0 saturated carbocycles. The van der Waals surface area contributed by atoms with Crippen LogP contribution in [0.3, 0.4) is 0 Å². The Kier molecular flexibility index (Phi) is 6.03. The maximum Gasteiger partial charge on any atom is 0.349 e. The van der Waals surface area contributed by atoms with Crippen molar-refractivity contribution in [1.82, 2.24) is 10.6 Å². The summed E-state index contributed by atoms with van der Waals surface area (Å²) in [5.41, 5.74) is 0.607. The number of hydrogen-bond donors (Lipinski definition) is 3. The van der Waals surface area contributed by atoms with E-state index in [-0.39, 0.29) is 30.5 Å². The van der Waals surface area contributed by atoms with Gasteiger partial charge in [0.25, 0.3) is 11.8 Å². The minimum absolute atomic E-state index is 0.0939. The first-order valence-corrected chi connectivity index (χ1v) is 8.91. The van der Waals surface area contributed by atoms with Crippen molar-refractivity contribution < 1.29 is 18.8 Å². The Morgan fingerprint density at radius 1 is 0.897 bits per heavy atom. The van der Waals surface area contributed by atoms with Gasteiger partial charge in [0.15, 0.2) is 0 Å². The Balaban J connectivity index is 1.52. The number of rotatable bonds is 6. The van der Waals surface area contributed by atoms with Gasteiger partial charge in [0.05, 0.1) is 0 Å². The predicted octanol–water partition coefficient (Wildman–Crippen LogP) is 1.91. The zero-order chi connectivity index (χ0) is 20.8. The van der Waals surface area contributed by atoms with Gasteiger partial charge in [0.1, 0.15) is 11.1 Å². The van der Waals surface area contributed by atoms with E-state index >= 15 is 0 Å². The van der Waals surface area contributed by atoms with E-state index < -0.39 is 11.5 Å². The first kappa shape index (κ1) is 19.8. The molecule has 3 N–H and O–H groups in total. The number of carbonyl (C=O) groups is 3. The Morgan fingerprint density at radius 3 is 2.24 bits per heavy atom. The van der Waals surface area contributed by atoms with Gasteiger partial charge in [-0.1, -0.05) is 18.2 Å². The highest BCUT2D eigenvalue weighted by Crippen LogP contribution is 2.12. The molecular weight excluding hydrogens is 374 g/mol. The third-order valence-corrected chi connectivity index (χ3v) is 4.05. The Morgan fingerprint density at radius 2 is 1.55 bits per heavy atom. The third-order valence-electron chi connectivity index (χ3n) is 4.05. The molecule has 0 spiro atoms. The fraction of sp³-hybridized carbons (Fsp3) is 0.143. The average molecular weight is 393 g/mol. The number of fused-ring (bicyclic) bond motifs is 1. The Labute approximate surface area is 165 Å². The monoisotopic (exact) mass is 393 g/mol. The van der Waals surface area contributed by atoms with Gasteiger partial charge in [-0.3, -0.25) is 14.4 Å². The molecule has 0 aliphatic heterocycles. The number of nitrogens with one attached hydrogen (secondary N) is 3. The quantitative estimate of drug-likeness (QED) is 0.437. The number of hydrogen-bond acceptors (Lipinski definition) is 5. The SMILES string of the molecule is CC(=O)Nc1ccc(C(=O)NCCNC(=O)c2cc3ccccc3oc2=O)cc1. The van der Waals surface area contributed by atoms with E-state index in [9.17, 15) is 19.2 Å². The molecule has 148 valence electrons. The number of benzene rings is 2. The van der Waals surface area contributed by atoms with Crippen LogP contribution in [0.4, 0.5) is 5.69 Å². The molecule has 0 atom stereocenters. The maximum absolute atomic E-state index is 12.2. The van der Waals surface area contributed by atoms with Crippen LogP contribution in [0.1, 0.15) is 27.6 Å². The van der Waals surface area contributed by atoms with E-state index in [0.717, 1.165) is 0 Å². The van der Waals surface area contributed by atoms with Gasteiger partial charge in [-0.15, -0.1) is 0 Å². The molecule has 0 radical (unpaired) electrons. The third kappa shape index (κ3) is 5.07. The molecule has 3 amide bonds. The Bertz CT molecular complexity index is 1120. The molecule has 2 aromatic carbocycles. The highest BCUT2D eigenvalue weighted by Gasteiger charge is 2.13. The van der Waals surface area contributed by atoms with Gasteiger partial charge in [-0.05, 0) is 36.4 Å². The highest BCUT2D eigenvalue weighted by atomic mass is 16.4. The van der Waals surface area contributed by atoms with Crippen LogP contribution >= 0.6 is 0 Å². The molecule has 1 heterocycles. The highest BCUT2D eigenvalue weighted by molar-refractivity contribution is 5.97. The van der Waals surface area contributed by atoms with Crippen LogP contribution in [0, 0.1) is 0 Å². The van der Waals surface area contributed by atoms with Crippen LogP contribution in [-0.2, 0) is 4.79 Å². The van der Waals surface area contributed by atoms with E-state index in [1.807, 2.05) is 0 Å². The molecule has 0 aliphatic rings. The summed E-state index contributed by atoms with van der Waals surface area (Å²) in [5, 5.41) is 8.51. The van der Waals surface area contributed by atoms with E-state index in [1.54, 1.807) is 48.5 Å². The van der Waals surface area contributed by atoms with Crippen LogP contribution in [0.25, 0.3) is 11.0 Å². The molecule has 0 aliphatic carbocycles. The van der Waals surface area contributed by atoms with Crippen molar-refractivity contribution in [2.75, 3.05) is 18.4 Å². The molecular formula is C21H19N3O5. The van der Waals surface area contributed by atoms with E-state index in [1.165, 1.54) is 13.0 Å². The van der Waals surface area contributed by atoms with Crippen molar-refractivity contribution in [3.05, 3.63) is 76.1 Å². The van der Waals surface area contributed by atoms with Crippen LogP contribution in [0.2, 0.25) is 0 Å². The van der Waals surface area contributed by atoms with E-state index in [0.29, 0.717) is 22.2 Å². The van der Waals surface area contributed by atoms with E-state index in [4.69, 9.17) is 4.42 Å². The minimum Gasteiger partial charge on any atom is -0.422 e. The maximum atomic E-state index is 12.2. The van der Waals surface area contributed by atoms with Gasteiger partial charge >= 0.3 is 5.63 Å². The fourth-order valence-corrected chi connectivity index (χ4v) is 2.68. The lowest BCUT2D eigenvalue weighted by atomic mass is 10.2. The van der Waals surface area contributed by atoms with Crippen LogP contribution in [-0.4, -0.2) is 30.8 Å². The normalized spacial score (nSPS) is 10.4. The predicted molar refractivity (Wildman–Crippen MR) is 108 cm³/mol. The lowest BCUT2D eigenvalue weighted by Crippen LogP contribution is -2.36. The summed E-state index contributed by atoms with van der Waals surface area (Å²) in [6.45, 7) is 1.72. The first-order valence-electron chi connectivity index (χ1n) is 8.91. The molecule has 3 aromatic rings. The van der Waals surface area contributed by atoms with Gasteiger partial charge in [0.2, 0.25) is 5.91 Å². The van der Waals surface area contributed by atoms with Gasteiger partial charge in [-0.25, -0.2) is 4.79 Å². The number of para-hydroxylation sites is 1. The van der Waals surface area contributed by atoms with Crippen LogP contribution < -0.4 is 21.6 Å². The van der Waals surface area contributed by atoms with Crippen LogP contribution in [0.5, 0.6) is 0 Å². The van der Waals surface area contributed by atoms with Gasteiger partial charge in [-0.2, -0.15) is 0 Å². The summed E-state index contributed by atoms with van der Waals surface area (Å²) in [5.74, 6) is -1.09. The van der Waals surface area contributed by atoms with Gasteiger partial charge in [0, 0.05) is 36.7 Å². The largest absolute Gasteiger partial charge is 0.422 e. The molecule has 1 aromatic heterocycles. The molecule has 0 bridgehead atoms. The fourth-order valence-electron chi connectivity index (χ4n) is 2.68. The average Bonchev–Trinajstić information content (AvgIpc) is 2.70. The summed E-state index contributed by atoms with van der Waals surface area (Å²) in [6.07, 6.45) is 0. The van der Waals surface area contributed by atoms with Crippen molar-refractivity contribution in [3.8, 4) is 0 Å². The van der Waals surface area contributed by atoms with Crippen LogP contribution in [0.15, 0.2) is 63.8 Å². The number of anilines is 1. The Hall–Kier alpha value is -3.94. The topological polar surface area (TPSA) is 118 Å². The molecule has 8 nitrogen and oxygen atoms in total. The summed E-state index contributed by atoms with van der Waals surface area (Å²) >= 11 is 0. The zero-order valence-electron chi connectivity index (χ0n) is 15.7. The molecule has 0 unspecified atom stereocenters. The molecule has 8 heteroatoms. The lowest BCUT2D eigenvalue weighted by Gasteiger charge is -2.08. The van der Waals surface area contributed by atoms with Crippen molar-refractivity contribution in [2.45, 2.75) is 6.92 Å². The number of carbonyl (C=O) groups excluding carboxylic acids is 3.